The Kier molecular flexibility index (Phi) is 1.98. The SMILES string of the molecule is CC(F)(F)Cc1nc2ccccc2[nH]1. The Labute approximate surface area is 80.0 Å². The summed E-state index contributed by atoms with van der Waals surface area (Å²) in [5, 5.41) is 0. The van der Waals surface area contributed by atoms with Crippen molar-refractivity contribution in [3.05, 3.63) is 30.1 Å². The summed E-state index contributed by atoms with van der Waals surface area (Å²) >= 11 is 0. The van der Waals surface area contributed by atoms with E-state index in [9.17, 15) is 8.78 Å². The smallest absolute Gasteiger partial charge is 0.252 e. The van der Waals surface area contributed by atoms with Crippen LogP contribution in [0.5, 0.6) is 0 Å². The fourth-order valence-electron chi connectivity index (χ4n) is 1.38. The zero-order valence-electron chi connectivity index (χ0n) is 7.72. The van der Waals surface area contributed by atoms with Gasteiger partial charge in [0.1, 0.15) is 5.82 Å². The maximum atomic E-state index is 12.7. The molecule has 0 bridgehead atoms. The van der Waals surface area contributed by atoms with E-state index in [2.05, 4.69) is 9.97 Å². The Hall–Kier alpha value is -1.45. The van der Waals surface area contributed by atoms with Gasteiger partial charge in [0.15, 0.2) is 0 Å². The zero-order valence-corrected chi connectivity index (χ0v) is 7.72. The van der Waals surface area contributed by atoms with Crippen LogP contribution in [0.1, 0.15) is 12.7 Å². The van der Waals surface area contributed by atoms with Gasteiger partial charge in [0.2, 0.25) is 0 Å². The van der Waals surface area contributed by atoms with E-state index in [1.807, 2.05) is 18.2 Å². The standard InChI is InChI=1S/C10H10F2N2/c1-10(11,12)6-9-13-7-4-2-3-5-8(7)14-9/h2-5H,6H2,1H3,(H,13,14). The van der Waals surface area contributed by atoms with Gasteiger partial charge in [-0.15, -0.1) is 0 Å². The molecule has 1 N–H and O–H groups in total. The summed E-state index contributed by atoms with van der Waals surface area (Å²) in [4.78, 5) is 6.92. The highest BCUT2D eigenvalue weighted by Crippen LogP contribution is 2.19. The van der Waals surface area contributed by atoms with Crippen molar-refractivity contribution < 1.29 is 8.78 Å². The summed E-state index contributed by atoms with van der Waals surface area (Å²) in [5.41, 5.74) is 1.53. The van der Waals surface area contributed by atoms with Crippen LogP contribution in [-0.4, -0.2) is 15.9 Å². The molecule has 0 amide bonds. The lowest BCUT2D eigenvalue weighted by Crippen LogP contribution is -2.14. The van der Waals surface area contributed by atoms with Gasteiger partial charge in [-0.2, -0.15) is 0 Å². The molecule has 0 fully saturated rings. The molecular formula is C10H10F2N2. The fraction of sp³-hybridized carbons (Fsp3) is 0.300. The molecule has 1 heterocycles. The van der Waals surface area contributed by atoms with Crippen molar-refractivity contribution in [2.24, 2.45) is 0 Å². The van der Waals surface area contributed by atoms with Crippen LogP contribution in [-0.2, 0) is 6.42 Å². The number of benzene rings is 1. The molecule has 0 aliphatic heterocycles. The molecule has 14 heavy (non-hydrogen) atoms. The Balaban J connectivity index is 2.36. The van der Waals surface area contributed by atoms with Gasteiger partial charge >= 0.3 is 0 Å². The van der Waals surface area contributed by atoms with E-state index in [1.54, 1.807) is 6.07 Å². The quantitative estimate of drug-likeness (QED) is 0.786. The second-order valence-corrected chi connectivity index (χ2v) is 3.45. The molecule has 1 aromatic heterocycles. The highest BCUT2D eigenvalue weighted by Gasteiger charge is 2.23. The van der Waals surface area contributed by atoms with Crippen molar-refractivity contribution in [3.63, 3.8) is 0 Å². The first kappa shape index (κ1) is 9.12. The predicted octanol–water partition coefficient (Wildman–Crippen LogP) is 2.76. The van der Waals surface area contributed by atoms with Crippen molar-refractivity contribution in [3.8, 4) is 0 Å². The number of H-pyrrole nitrogens is 1. The number of nitrogens with zero attached hydrogens (tertiary/aromatic N) is 1. The van der Waals surface area contributed by atoms with E-state index in [-0.39, 0.29) is 6.42 Å². The average Bonchev–Trinajstić information content (AvgIpc) is 2.42. The third-order valence-corrected chi connectivity index (χ3v) is 1.92. The van der Waals surface area contributed by atoms with Crippen molar-refractivity contribution in [1.82, 2.24) is 9.97 Å². The number of fused-ring (bicyclic) bond motifs is 1. The van der Waals surface area contributed by atoms with E-state index in [0.29, 0.717) is 5.82 Å². The zero-order chi connectivity index (χ0) is 10.2. The van der Waals surface area contributed by atoms with E-state index < -0.39 is 5.92 Å². The molecule has 74 valence electrons. The van der Waals surface area contributed by atoms with Crippen molar-refractivity contribution in [2.45, 2.75) is 19.3 Å². The monoisotopic (exact) mass is 196 g/mol. The van der Waals surface area contributed by atoms with Crippen LogP contribution in [0.4, 0.5) is 8.78 Å². The molecule has 2 rings (SSSR count). The first-order chi connectivity index (χ1) is 6.54. The number of imidazole rings is 1. The molecule has 0 saturated carbocycles. The minimum atomic E-state index is -2.71. The lowest BCUT2D eigenvalue weighted by molar-refractivity contribution is 0.0208. The number of alkyl halides is 2. The lowest BCUT2D eigenvalue weighted by atomic mass is 10.2. The summed E-state index contributed by atoms with van der Waals surface area (Å²) < 4.78 is 25.4. The number of aromatic nitrogens is 2. The molecule has 0 saturated heterocycles. The summed E-state index contributed by atoms with van der Waals surface area (Å²) in [5.74, 6) is -2.38. The predicted molar refractivity (Wildman–Crippen MR) is 50.4 cm³/mol. The van der Waals surface area contributed by atoms with E-state index in [1.165, 1.54) is 0 Å². The summed E-state index contributed by atoms with van der Waals surface area (Å²) in [7, 11) is 0. The Morgan fingerprint density at radius 2 is 2.07 bits per heavy atom. The molecule has 2 nitrogen and oxygen atoms in total. The molecular weight excluding hydrogens is 186 g/mol. The molecule has 1 aromatic carbocycles. The third kappa shape index (κ3) is 1.89. The van der Waals surface area contributed by atoms with Gasteiger partial charge < -0.3 is 4.98 Å². The first-order valence-corrected chi connectivity index (χ1v) is 4.36. The van der Waals surface area contributed by atoms with Gasteiger partial charge in [-0.3, -0.25) is 0 Å². The first-order valence-electron chi connectivity index (χ1n) is 4.36. The fourth-order valence-corrected chi connectivity index (χ4v) is 1.38. The highest BCUT2D eigenvalue weighted by atomic mass is 19.3. The molecule has 0 spiro atoms. The molecule has 2 aromatic rings. The number of para-hydroxylation sites is 2. The van der Waals surface area contributed by atoms with Gasteiger partial charge in [-0.25, -0.2) is 13.8 Å². The van der Waals surface area contributed by atoms with Gasteiger partial charge in [0, 0.05) is 0 Å². The van der Waals surface area contributed by atoms with Crippen molar-refractivity contribution >= 4 is 11.0 Å². The van der Waals surface area contributed by atoms with Crippen LogP contribution in [0.15, 0.2) is 24.3 Å². The topological polar surface area (TPSA) is 28.7 Å². The van der Waals surface area contributed by atoms with E-state index in [4.69, 9.17) is 0 Å². The van der Waals surface area contributed by atoms with Crippen LogP contribution in [0.2, 0.25) is 0 Å². The van der Waals surface area contributed by atoms with Gasteiger partial charge in [-0.05, 0) is 19.1 Å². The number of rotatable bonds is 2. The lowest BCUT2D eigenvalue weighted by Gasteiger charge is -2.06. The van der Waals surface area contributed by atoms with Crippen molar-refractivity contribution in [2.75, 3.05) is 0 Å². The molecule has 0 aliphatic carbocycles. The van der Waals surface area contributed by atoms with Gasteiger partial charge in [0.05, 0.1) is 17.5 Å². The average molecular weight is 196 g/mol. The molecule has 0 unspecified atom stereocenters. The normalized spacial score (nSPS) is 12.2. The number of halogens is 2. The van der Waals surface area contributed by atoms with E-state index in [0.717, 1.165) is 18.0 Å². The minimum absolute atomic E-state index is 0.332. The number of hydrogen-bond acceptors (Lipinski definition) is 1. The summed E-state index contributed by atoms with van der Waals surface area (Å²) in [6, 6.07) is 7.29. The summed E-state index contributed by atoms with van der Waals surface area (Å²) in [6.45, 7) is 0.889. The van der Waals surface area contributed by atoms with Crippen LogP contribution >= 0.6 is 0 Å². The summed E-state index contributed by atoms with van der Waals surface area (Å²) in [6.07, 6.45) is -0.346. The minimum Gasteiger partial charge on any atom is -0.342 e. The maximum absolute atomic E-state index is 12.7. The number of aromatic amines is 1. The third-order valence-electron chi connectivity index (χ3n) is 1.92. The Morgan fingerprint density at radius 3 is 2.71 bits per heavy atom. The molecule has 0 radical (unpaired) electrons. The second-order valence-electron chi connectivity index (χ2n) is 3.45. The van der Waals surface area contributed by atoms with Gasteiger partial charge in [0.25, 0.3) is 5.92 Å². The maximum Gasteiger partial charge on any atom is 0.252 e. The largest absolute Gasteiger partial charge is 0.342 e. The second kappa shape index (κ2) is 3.04. The van der Waals surface area contributed by atoms with Crippen LogP contribution < -0.4 is 0 Å². The molecule has 0 atom stereocenters. The van der Waals surface area contributed by atoms with E-state index >= 15 is 0 Å². The number of hydrogen-bond donors (Lipinski definition) is 1. The van der Waals surface area contributed by atoms with Gasteiger partial charge in [-0.1, -0.05) is 12.1 Å². The van der Waals surface area contributed by atoms with Crippen LogP contribution in [0.3, 0.4) is 0 Å². The number of nitrogens with one attached hydrogen (secondary N) is 1. The highest BCUT2D eigenvalue weighted by molar-refractivity contribution is 5.74. The Bertz CT molecular complexity index is 410. The van der Waals surface area contributed by atoms with Crippen LogP contribution in [0, 0.1) is 0 Å². The molecule has 0 aliphatic rings. The Morgan fingerprint density at radius 1 is 1.36 bits per heavy atom. The molecule has 4 heteroatoms. The van der Waals surface area contributed by atoms with Crippen molar-refractivity contribution in [1.29, 1.82) is 0 Å². The van der Waals surface area contributed by atoms with Crippen LogP contribution in [0.25, 0.3) is 11.0 Å².